The summed E-state index contributed by atoms with van der Waals surface area (Å²) in [4.78, 5) is 37.7. The Morgan fingerprint density at radius 3 is 2.52 bits per heavy atom. The minimum absolute atomic E-state index is 0.00718. The molecule has 254 valence electrons. The largest absolute Gasteiger partial charge is 0.390 e. The predicted octanol–water partition coefficient (Wildman–Crippen LogP) is 6.46. The van der Waals surface area contributed by atoms with Gasteiger partial charge in [-0.15, -0.1) is 11.3 Å². The Morgan fingerprint density at radius 2 is 1.83 bits per heavy atom. The van der Waals surface area contributed by atoms with E-state index in [0.717, 1.165) is 40.4 Å². The number of aliphatic hydroxyl groups is 1. The molecule has 12 heteroatoms. The summed E-state index contributed by atoms with van der Waals surface area (Å²) in [5, 5.41) is 19.9. The van der Waals surface area contributed by atoms with Crippen molar-refractivity contribution in [3.8, 4) is 0 Å². The van der Waals surface area contributed by atoms with E-state index in [1.807, 2.05) is 42.6 Å². The molecule has 0 aliphatic carbocycles. The van der Waals surface area contributed by atoms with E-state index in [1.165, 1.54) is 37.4 Å². The molecule has 3 heterocycles. The van der Waals surface area contributed by atoms with Crippen LogP contribution in [-0.2, 0) is 18.6 Å². The number of amides is 2. The Bertz CT molecular complexity index is 1710. The molecule has 5 rings (SSSR count). The van der Waals surface area contributed by atoms with Gasteiger partial charge in [-0.05, 0) is 75.4 Å². The van der Waals surface area contributed by atoms with E-state index >= 15 is 0 Å². The summed E-state index contributed by atoms with van der Waals surface area (Å²) in [7, 11) is 0. The van der Waals surface area contributed by atoms with Crippen molar-refractivity contribution in [1.29, 1.82) is 0 Å². The zero-order valence-corrected chi connectivity index (χ0v) is 27.9. The molecule has 1 aliphatic heterocycles. The van der Waals surface area contributed by atoms with E-state index in [-0.39, 0.29) is 30.1 Å². The maximum Gasteiger partial charge on any atom is 0.263 e. The molecule has 2 aromatic carbocycles. The number of carbonyl (C=O) groups excluding carboxylic acids is 2. The number of aliphatic hydroxyl groups excluding tert-OH is 1. The molecule has 48 heavy (non-hydrogen) atoms. The summed E-state index contributed by atoms with van der Waals surface area (Å²) >= 11 is 1.46. The van der Waals surface area contributed by atoms with Crippen LogP contribution in [0.15, 0.2) is 72.4 Å². The number of aromatic nitrogens is 2. The molecule has 2 amide bonds. The van der Waals surface area contributed by atoms with Gasteiger partial charge in [-0.2, -0.15) is 0 Å². The number of nitrogens with one attached hydrogen (secondary N) is 2. The molecular formula is C36H40F3N5O3S. The number of nitrogens with zero attached hydrogens (tertiary/aromatic N) is 3. The number of hydrogen-bond acceptors (Lipinski definition) is 7. The molecule has 1 saturated heterocycles. The topological polar surface area (TPSA) is 107 Å². The molecule has 0 spiro atoms. The molecule has 8 nitrogen and oxygen atoms in total. The van der Waals surface area contributed by atoms with Crippen LogP contribution < -0.4 is 10.6 Å². The van der Waals surface area contributed by atoms with E-state index in [0.29, 0.717) is 25.1 Å². The zero-order valence-electron chi connectivity index (χ0n) is 27.1. The standard InChI is InChI=1S/C36H40F3N5O3S/c1-22-21-48-34(42-22)30-10-7-11-44(30)35(47)27-15-25(32(37)38)14-26(16-27)33(46)43-29(13-23-8-5-4-6-9-23)31(45)20-41-18-24-12-28(19-40-17-24)36(2,3)39/h4-6,8-9,12,14-17,19,21,29-32,41,45H,7,10-11,13,18,20H2,1-3H3,(H,43,46). The molecule has 0 saturated carbocycles. The number of rotatable bonds is 13. The fourth-order valence-electron chi connectivity index (χ4n) is 5.81. The second-order valence-corrected chi connectivity index (χ2v) is 13.5. The lowest BCUT2D eigenvalue weighted by Crippen LogP contribution is -2.48. The van der Waals surface area contributed by atoms with Crippen LogP contribution in [-0.4, -0.2) is 57.0 Å². The first-order valence-corrected chi connectivity index (χ1v) is 16.8. The van der Waals surface area contributed by atoms with Gasteiger partial charge in [-0.1, -0.05) is 30.3 Å². The van der Waals surface area contributed by atoms with Gasteiger partial charge in [0.2, 0.25) is 0 Å². The summed E-state index contributed by atoms with van der Waals surface area (Å²) in [5.74, 6) is -1.14. The van der Waals surface area contributed by atoms with Crippen LogP contribution in [0.4, 0.5) is 13.2 Å². The molecule has 3 atom stereocenters. The van der Waals surface area contributed by atoms with Crippen molar-refractivity contribution in [2.24, 2.45) is 0 Å². The van der Waals surface area contributed by atoms with Crippen LogP contribution in [0.3, 0.4) is 0 Å². The molecular weight excluding hydrogens is 639 g/mol. The molecule has 1 fully saturated rings. The quantitative estimate of drug-likeness (QED) is 0.150. The van der Waals surface area contributed by atoms with Gasteiger partial charge in [0.25, 0.3) is 18.2 Å². The summed E-state index contributed by atoms with van der Waals surface area (Å²) in [6, 6.07) is 13.4. The van der Waals surface area contributed by atoms with Gasteiger partial charge in [0.05, 0.1) is 18.2 Å². The van der Waals surface area contributed by atoms with Gasteiger partial charge in [0.15, 0.2) is 0 Å². The van der Waals surface area contributed by atoms with E-state index in [4.69, 9.17) is 0 Å². The normalized spacial score (nSPS) is 16.2. The third-order valence-electron chi connectivity index (χ3n) is 8.40. The molecule has 0 bridgehead atoms. The predicted molar refractivity (Wildman–Crippen MR) is 179 cm³/mol. The molecule has 3 unspecified atom stereocenters. The Labute approximate surface area is 282 Å². The van der Waals surface area contributed by atoms with Crippen LogP contribution in [0.25, 0.3) is 0 Å². The molecule has 0 radical (unpaired) electrons. The summed E-state index contributed by atoms with van der Waals surface area (Å²) in [5.41, 5.74) is 0.733. The van der Waals surface area contributed by atoms with Gasteiger partial charge < -0.3 is 20.6 Å². The Kier molecular flexibility index (Phi) is 11.3. The first kappa shape index (κ1) is 35.2. The van der Waals surface area contributed by atoms with Crippen LogP contribution in [0.1, 0.15) is 92.8 Å². The second-order valence-electron chi connectivity index (χ2n) is 12.7. The first-order valence-electron chi connectivity index (χ1n) is 15.9. The number of carbonyl (C=O) groups is 2. The molecule has 2 aromatic heterocycles. The monoisotopic (exact) mass is 679 g/mol. The Hall–Kier alpha value is -4.13. The number of alkyl halides is 3. The fraction of sp³-hybridized carbons (Fsp3) is 0.389. The number of pyridine rings is 1. The zero-order chi connectivity index (χ0) is 34.4. The minimum atomic E-state index is -2.91. The fourth-order valence-corrected chi connectivity index (χ4v) is 6.75. The lowest BCUT2D eigenvalue weighted by atomic mass is 9.99. The van der Waals surface area contributed by atoms with Gasteiger partial charge in [-0.3, -0.25) is 14.6 Å². The van der Waals surface area contributed by atoms with Crippen LogP contribution in [0, 0.1) is 6.92 Å². The van der Waals surface area contributed by atoms with Gasteiger partial charge in [-0.25, -0.2) is 18.2 Å². The Balaban J connectivity index is 1.34. The number of thiazole rings is 1. The van der Waals surface area contributed by atoms with Gasteiger partial charge in [0, 0.05) is 65.4 Å². The molecule has 3 N–H and O–H groups in total. The lowest BCUT2D eigenvalue weighted by Gasteiger charge is -2.26. The highest BCUT2D eigenvalue weighted by Gasteiger charge is 2.33. The van der Waals surface area contributed by atoms with Crippen molar-refractivity contribution in [1.82, 2.24) is 25.5 Å². The highest BCUT2D eigenvalue weighted by Crippen LogP contribution is 2.35. The first-order chi connectivity index (χ1) is 22.9. The SMILES string of the molecule is Cc1csc(C2CCCN2C(=O)c2cc(C(=O)NC(Cc3ccccc3)C(O)CNCc3cncc(C(C)(C)F)c3)cc(C(F)F)c2)n1. The van der Waals surface area contributed by atoms with Crippen molar-refractivity contribution >= 4 is 23.2 Å². The number of likely N-dealkylation sites (tertiary alicyclic amines) is 1. The highest BCUT2D eigenvalue weighted by molar-refractivity contribution is 7.09. The smallest absolute Gasteiger partial charge is 0.263 e. The van der Waals surface area contributed by atoms with Crippen LogP contribution in [0.2, 0.25) is 0 Å². The number of hydrogen-bond donors (Lipinski definition) is 3. The lowest BCUT2D eigenvalue weighted by molar-refractivity contribution is 0.0734. The van der Waals surface area contributed by atoms with E-state index < -0.39 is 41.6 Å². The molecule has 1 aliphatic rings. The highest BCUT2D eigenvalue weighted by atomic mass is 32.1. The molecule has 4 aromatic rings. The van der Waals surface area contributed by atoms with Gasteiger partial charge in [0.1, 0.15) is 10.7 Å². The van der Waals surface area contributed by atoms with E-state index in [1.54, 1.807) is 17.2 Å². The summed E-state index contributed by atoms with van der Waals surface area (Å²) < 4.78 is 42.6. The minimum Gasteiger partial charge on any atom is -0.390 e. The third-order valence-corrected chi connectivity index (χ3v) is 9.46. The van der Waals surface area contributed by atoms with Crippen molar-refractivity contribution in [2.75, 3.05) is 13.1 Å². The summed E-state index contributed by atoms with van der Waals surface area (Å²) in [6.45, 7) is 5.58. The number of halogens is 3. The second kappa shape index (κ2) is 15.4. The van der Waals surface area contributed by atoms with Gasteiger partial charge >= 0.3 is 0 Å². The van der Waals surface area contributed by atoms with Crippen molar-refractivity contribution in [3.05, 3.63) is 116 Å². The average Bonchev–Trinajstić information content (AvgIpc) is 3.73. The average molecular weight is 680 g/mol. The van der Waals surface area contributed by atoms with Crippen molar-refractivity contribution in [3.63, 3.8) is 0 Å². The number of aryl methyl sites for hydroxylation is 1. The number of benzene rings is 2. The maximum absolute atomic E-state index is 14.4. The van der Waals surface area contributed by atoms with Crippen LogP contribution >= 0.6 is 11.3 Å². The van der Waals surface area contributed by atoms with E-state index in [2.05, 4.69) is 20.6 Å². The maximum atomic E-state index is 14.4. The Morgan fingerprint density at radius 1 is 1.08 bits per heavy atom. The van der Waals surface area contributed by atoms with Crippen molar-refractivity contribution in [2.45, 2.75) is 76.9 Å². The van der Waals surface area contributed by atoms with Crippen molar-refractivity contribution < 1.29 is 27.9 Å². The summed E-state index contributed by atoms with van der Waals surface area (Å²) in [6.07, 6.45) is 0.793. The third kappa shape index (κ3) is 8.86. The van der Waals surface area contributed by atoms with Crippen LogP contribution in [0.5, 0.6) is 0 Å². The van der Waals surface area contributed by atoms with E-state index in [9.17, 15) is 27.9 Å².